The van der Waals surface area contributed by atoms with E-state index in [-0.39, 0.29) is 29.5 Å². The number of ether oxygens (including phenoxy) is 1. The van der Waals surface area contributed by atoms with Crippen LogP contribution in [0, 0.1) is 6.92 Å². The molecule has 1 atom stereocenters. The Labute approximate surface area is 301 Å². The predicted molar refractivity (Wildman–Crippen MR) is 195 cm³/mol. The number of carbonyl (C=O) groups is 2. The van der Waals surface area contributed by atoms with Crippen molar-refractivity contribution in [2.24, 2.45) is 0 Å². The SMILES string of the molecule is CCCCNC(=O)[C@@H](Cc1ccccc1)N(Cc1ccc(Cl)cc1Cl)C(=O)CN(c1ccc(C)cc1)S(=O)(=O)c1ccc(OC)c(Br)c1. The van der Waals surface area contributed by atoms with Gasteiger partial charge in [0.25, 0.3) is 10.0 Å². The van der Waals surface area contributed by atoms with Gasteiger partial charge in [0.15, 0.2) is 0 Å². The van der Waals surface area contributed by atoms with Gasteiger partial charge in [0.2, 0.25) is 11.8 Å². The van der Waals surface area contributed by atoms with E-state index in [9.17, 15) is 18.0 Å². The van der Waals surface area contributed by atoms with Gasteiger partial charge in [-0.1, -0.05) is 90.6 Å². The number of nitrogens with zero attached hydrogens (tertiary/aromatic N) is 2. The van der Waals surface area contributed by atoms with Gasteiger partial charge in [-0.15, -0.1) is 0 Å². The second kappa shape index (κ2) is 17.2. The van der Waals surface area contributed by atoms with Crippen molar-refractivity contribution < 1.29 is 22.7 Å². The number of amides is 2. The van der Waals surface area contributed by atoms with Crippen LogP contribution in [0.15, 0.2) is 100 Å². The number of halogens is 3. The standard InChI is InChI=1S/C36H38BrCl2N3O5S/c1-4-5-19-40-36(44)33(20-26-9-7-6-8-10-26)41(23-27-13-14-28(38)21-32(27)39)35(43)24-42(29-15-11-25(2)12-16-29)48(45,46)30-17-18-34(47-3)31(37)22-30/h6-18,21-22,33H,4-5,19-20,23-24H2,1-3H3,(H,40,44)/t33-/m1/s1. The third-order valence-electron chi connectivity index (χ3n) is 7.77. The van der Waals surface area contributed by atoms with Crippen LogP contribution in [-0.4, -0.2) is 51.4 Å². The summed E-state index contributed by atoms with van der Waals surface area (Å²) < 4.78 is 35.5. The monoisotopic (exact) mass is 773 g/mol. The van der Waals surface area contributed by atoms with Crippen molar-refractivity contribution >= 4 is 66.7 Å². The van der Waals surface area contributed by atoms with Crippen LogP contribution in [0.1, 0.15) is 36.5 Å². The van der Waals surface area contributed by atoms with Crippen molar-refractivity contribution in [2.75, 3.05) is 24.5 Å². The zero-order valence-corrected chi connectivity index (χ0v) is 30.9. The van der Waals surface area contributed by atoms with Crippen molar-refractivity contribution in [3.63, 3.8) is 0 Å². The molecule has 0 bridgehead atoms. The van der Waals surface area contributed by atoms with Crippen LogP contribution in [-0.2, 0) is 32.6 Å². The number of carbonyl (C=O) groups excluding carboxylic acids is 2. The van der Waals surface area contributed by atoms with Crippen LogP contribution in [0.4, 0.5) is 5.69 Å². The minimum Gasteiger partial charge on any atom is -0.496 e. The lowest BCUT2D eigenvalue weighted by molar-refractivity contribution is -0.140. The first-order valence-corrected chi connectivity index (χ1v) is 18.4. The largest absolute Gasteiger partial charge is 0.496 e. The maximum atomic E-state index is 14.6. The first-order chi connectivity index (χ1) is 22.9. The summed E-state index contributed by atoms with van der Waals surface area (Å²) in [5.41, 5.74) is 2.59. The van der Waals surface area contributed by atoms with E-state index in [0.29, 0.717) is 32.4 Å². The number of hydrogen-bond acceptors (Lipinski definition) is 5. The van der Waals surface area contributed by atoms with E-state index < -0.39 is 28.5 Å². The normalized spacial score (nSPS) is 11.9. The minimum atomic E-state index is -4.30. The zero-order chi connectivity index (χ0) is 34.8. The first kappa shape index (κ1) is 37.3. The fraction of sp³-hybridized carbons (Fsp3) is 0.278. The molecule has 0 spiro atoms. The van der Waals surface area contributed by atoms with Crippen LogP contribution in [0.2, 0.25) is 10.0 Å². The highest BCUT2D eigenvalue weighted by Gasteiger charge is 2.35. The maximum absolute atomic E-state index is 14.6. The van der Waals surface area contributed by atoms with E-state index in [0.717, 1.165) is 28.3 Å². The van der Waals surface area contributed by atoms with Gasteiger partial charge in [0.05, 0.1) is 22.2 Å². The van der Waals surface area contributed by atoms with Gasteiger partial charge in [-0.25, -0.2) is 8.42 Å². The highest BCUT2D eigenvalue weighted by Crippen LogP contribution is 2.31. The number of nitrogens with one attached hydrogen (secondary N) is 1. The Hall–Kier alpha value is -3.57. The number of methoxy groups -OCH3 is 1. The molecule has 0 saturated carbocycles. The zero-order valence-electron chi connectivity index (χ0n) is 27.0. The number of unbranched alkanes of at least 4 members (excludes halogenated alkanes) is 1. The third kappa shape index (κ3) is 9.53. The number of sulfonamides is 1. The molecule has 4 rings (SSSR count). The van der Waals surface area contributed by atoms with E-state index in [1.165, 1.54) is 30.2 Å². The molecule has 0 radical (unpaired) electrons. The summed E-state index contributed by atoms with van der Waals surface area (Å²) in [5.74, 6) is -0.491. The van der Waals surface area contributed by atoms with E-state index in [1.807, 2.05) is 44.2 Å². The van der Waals surface area contributed by atoms with Gasteiger partial charge in [-0.3, -0.25) is 13.9 Å². The highest BCUT2D eigenvalue weighted by molar-refractivity contribution is 9.10. The third-order valence-corrected chi connectivity index (χ3v) is 10.7. The van der Waals surface area contributed by atoms with Gasteiger partial charge in [0, 0.05) is 29.6 Å². The summed E-state index contributed by atoms with van der Waals surface area (Å²) in [4.78, 5) is 29.9. The second-order valence-corrected chi connectivity index (χ2v) is 14.8. The summed E-state index contributed by atoms with van der Waals surface area (Å²) in [5, 5.41) is 3.71. The lowest BCUT2D eigenvalue weighted by Crippen LogP contribution is -2.53. The summed E-state index contributed by atoms with van der Waals surface area (Å²) in [7, 11) is -2.81. The molecular formula is C36H38BrCl2N3O5S. The number of rotatable bonds is 15. The molecular weight excluding hydrogens is 737 g/mol. The molecule has 0 aromatic heterocycles. The van der Waals surface area contributed by atoms with Crippen molar-refractivity contribution in [2.45, 2.75) is 50.6 Å². The smallest absolute Gasteiger partial charge is 0.264 e. The second-order valence-electron chi connectivity index (χ2n) is 11.3. The molecule has 0 aliphatic rings. The number of benzene rings is 4. The molecule has 0 aliphatic heterocycles. The Morgan fingerprint density at radius 1 is 0.958 bits per heavy atom. The lowest BCUT2D eigenvalue weighted by Gasteiger charge is -2.34. The van der Waals surface area contributed by atoms with E-state index >= 15 is 0 Å². The average Bonchev–Trinajstić information content (AvgIpc) is 3.07. The Kier molecular flexibility index (Phi) is 13.3. The number of aryl methyl sites for hydroxylation is 1. The number of anilines is 1. The molecule has 0 aliphatic carbocycles. The average molecular weight is 776 g/mol. The Morgan fingerprint density at radius 3 is 2.29 bits per heavy atom. The molecule has 254 valence electrons. The molecule has 1 N–H and O–H groups in total. The van der Waals surface area contributed by atoms with Crippen molar-refractivity contribution in [3.05, 3.63) is 122 Å². The molecule has 2 amide bonds. The summed E-state index contributed by atoms with van der Waals surface area (Å²) in [6.45, 7) is 3.68. The van der Waals surface area contributed by atoms with Gasteiger partial charge < -0.3 is 15.0 Å². The quantitative estimate of drug-likeness (QED) is 0.124. The lowest BCUT2D eigenvalue weighted by atomic mass is 10.0. The maximum Gasteiger partial charge on any atom is 0.264 e. The van der Waals surface area contributed by atoms with Crippen LogP contribution in [0.5, 0.6) is 5.75 Å². The summed E-state index contributed by atoms with van der Waals surface area (Å²) in [6, 6.07) is 24.6. The molecule has 12 heteroatoms. The van der Waals surface area contributed by atoms with Crippen molar-refractivity contribution in [3.8, 4) is 5.75 Å². The predicted octanol–water partition coefficient (Wildman–Crippen LogP) is 7.82. The molecule has 48 heavy (non-hydrogen) atoms. The van der Waals surface area contributed by atoms with Crippen LogP contribution < -0.4 is 14.4 Å². The van der Waals surface area contributed by atoms with Crippen LogP contribution >= 0.6 is 39.1 Å². The Bertz CT molecular complexity index is 1830. The fourth-order valence-corrected chi connectivity index (χ4v) is 7.67. The van der Waals surface area contributed by atoms with Gasteiger partial charge in [-0.2, -0.15) is 0 Å². The van der Waals surface area contributed by atoms with Crippen LogP contribution in [0.25, 0.3) is 0 Å². The molecule has 8 nitrogen and oxygen atoms in total. The molecule has 4 aromatic rings. The van der Waals surface area contributed by atoms with Gasteiger partial charge >= 0.3 is 0 Å². The summed E-state index contributed by atoms with van der Waals surface area (Å²) in [6.07, 6.45) is 1.83. The van der Waals surface area contributed by atoms with E-state index in [4.69, 9.17) is 27.9 Å². The molecule has 0 fully saturated rings. The molecule has 0 heterocycles. The number of hydrogen-bond donors (Lipinski definition) is 1. The van der Waals surface area contributed by atoms with Gasteiger partial charge in [0.1, 0.15) is 18.3 Å². The van der Waals surface area contributed by atoms with Gasteiger partial charge in [-0.05, 0) is 82.9 Å². The minimum absolute atomic E-state index is 0.0472. The van der Waals surface area contributed by atoms with Crippen LogP contribution in [0.3, 0.4) is 0 Å². The Balaban J connectivity index is 1.82. The Morgan fingerprint density at radius 2 is 1.67 bits per heavy atom. The summed E-state index contributed by atoms with van der Waals surface area (Å²) >= 11 is 16.2. The van der Waals surface area contributed by atoms with Crippen molar-refractivity contribution in [1.29, 1.82) is 0 Å². The molecule has 0 unspecified atom stereocenters. The first-order valence-electron chi connectivity index (χ1n) is 15.4. The van der Waals surface area contributed by atoms with E-state index in [2.05, 4.69) is 21.2 Å². The topological polar surface area (TPSA) is 96.0 Å². The molecule has 0 saturated heterocycles. The van der Waals surface area contributed by atoms with E-state index in [1.54, 1.807) is 42.5 Å². The van der Waals surface area contributed by atoms with Crippen molar-refractivity contribution in [1.82, 2.24) is 10.2 Å². The fourth-order valence-electron chi connectivity index (χ4n) is 5.07. The highest BCUT2D eigenvalue weighted by atomic mass is 79.9. The molecule has 4 aromatic carbocycles.